The largest absolute Gasteiger partial charge is 0.454 e. The molecule has 1 unspecified atom stereocenters. The van der Waals surface area contributed by atoms with Gasteiger partial charge in [0.25, 0.3) is 0 Å². The van der Waals surface area contributed by atoms with Crippen molar-refractivity contribution in [2.75, 3.05) is 13.3 Å². The van der Waals surface area contributed by atoms with Crippen LogP contribution in [-0.2, 0) is 11.2 Å². The Kier molecular flexibility index (Phi) is 4.38. The minimum atomic E-state index is -0.00753. The van der Waals surface area contributed by atoms with Crippen LogP contribution in [0.5, 0.6) is 11.5 Å². The molecule has 4 aromatic rings. The Morgan fingerprint density at radius 2 is 2.06 bits per heavy atom. The van der Waals surface area contributed by atoms with E-state index in [1.165, 1.54) is 11.3 Å². The van der Waals surface area contributed by atoms with Crippen molar-refractivity contribution in [2.45, 2.75) is 25.3 Å². The number of carbonyl (C=O) groups excluding carboxylic acids is 1. The molecule has 4 heterocycles. The standard InChI is InChI=1S/C23H20N4O3S/c28-21(27-9-3-6-18(27)22-25-16-4-1-2-5-17(16)26-22)11-15-12-31-23(24-15)14-7-8-19-20(10-14)30-13-29-19/h1-2,4-5,7-8,10,12,18H,3,6,9,11,13H2,(H,25,26). The van der Waals surface area contributed by atoms with E-state index in [1.807, 2.05) is 52.7 Å². The summed E-state index contributed by atoms with van der Waals surface area (Å²) in [5, 5.41) is 2.83. The SMILES string of the molecule is O=C(Cc1csc(-c2ccc3c(c2)OCO3)n1)N1CCCC1c1nc2ccccc2[nH]1. The number of aromatic amines is 1. The Balaban J connectivity index is 1.19. The minimum Gasteiger partial charge on any atom is -0.454 e. The zero-order valence-electron chi connectivity index (χ0n) is 16.7. The van der Waals surface area contributed by atoms with Gasteiger partial charge in [0.1, 0.15) is 10.8 Å². The molecule has 156 valence electrons. The van der Waals surface area contributed by atoms with Gasteiger partial charge >= 0.3 is 0 Å². The number of nitrogens with one attached hydrogen (secondary N) is 1. The molecular weight excluding hydrogens is 412 g/mol. The van der Waals surface area contributed by atoms with Gasteiger partial charge in [-0.1, -0.05) is 12.1 Å². The fourth-order valence-corrected chi connectivity index (χ4v) is 5.10. The van der Waals surface area contributed by atoms with Gasteiger partial charge in [0, 0.05) is 17.5 Å². The first kappa shape index (κ1) is 18.4. The average molecular weight is 433 g/mol. The van der Waals surface area contributed by atoms with Crippen LogP contribution >= 0.6 is 11.3 Å². The zero-order valence-corrected chi connectivity index (χ0v) is 17.5. The van der Waals surface area contributed by atoms with E-state index in [2.05, 4.69) is 4.98 Å². The quantitative estimate of drug-likeness (QED) is 0.519. The molecule has 8 heteroatoms. The first-order valence-electron chi connectivity index (χ1n) is 10.3. The van der Waals surface area contributed by atoms with Gasteiger partial charge in [-0.25, -0.2) is 9.97 Å². The first-order valence-corrected chi connectivity index (χ1v) is 11.2. The number of rotatable bonds is 4. The summed E-state index contributed by atoms with van der Waals surface area (Å²) >= 11 is 1.54. The van der Waals surface area contributed by atoms with E-state index in [0.29, 0.717) is 0 Å². The van der Waals surface area contributed by atoms with Crippen molar-refractivity contribution in [1.29, 1.82) is 0 Å². The summed E-state index contributed by atoms with van der Waals surface area (Å²) in [6.45, 7) is 0.998. The van der Waals surface area contributed by atoms with Crippen molar-refractivity contribution in [3.8, 4) is 22.1 Å². The van der Waals surface area contributed by atoms with Crippen LogP contribution < -0.4 is 9.47 Å². The Morgan fingerprint density at radius 1 is 1.16 bits per heavy atom. The Bertz CT molecular complexity index is 1250. The van der Waals surface area contributed by atoms with E-state index >= 15 is 0 Å². The molecule has 1 saturated heterocycles. The molecule has 0 aliphatic carbocycles. The number of thiazole rings is 1. The van der Waals surface area contributed by atoms with Gasteiger partial charge in [-0.3, -0.25) is 4.79 Å². The zero-order chi connectivity index (χ0) is 20.8. The van der Waals surface area contributed by atoms with Crippen LogP contribution in [-0.4, -0.2) is 39.1 Å². The minimum absolute atomic E-state index is 0.00753. The predicted molar refractivity (Wildman–Crippen MR) is 117 cm³/mol. The molecule has 1 amide bonds. The number of para-hydroxylation sites is 2. The van der Waals surface area contributed by atoms with E-state index in [1.54, 1.807) is 0 Å². The summed E-state index contributed by atoms with van der Waals surface area (Å²) in [6, 6.07) is 13.8. The van der Waals surface area contributed by atoms with Gasteiger partial charge < -0.3 is 19.4 Å². The summed E-state index contributed by atoms with van der Waals surface area (Å²) in [5.41, 5.74) is 3.70. The summed E-state index contributed by atoms with van der Waals surface area (Å²) in [5.74, 6) is 2.44. The molecule has 1 atom stereocenters. The van der Waals surface area contributed by atoms with Crippen LogP contribution in [0.4, 0.5) is 0 Å². The van der Waals surface area contributed by atoms with E-state index in [-0.39, 0.29) is 25.2 Å². The third-order valence-corrected chi connectivity index (χ3v) is 6.74. The molecule has 1 fully saturated rings. The number of fused-ring (bicyclic) bond motifs is 2. The maximum atomic E-state index is 13.1. The second-order valence-corrected chi connectivity index (χ2v) is 8.63. The van der Waals surface area contributed by atoms with Crippen LogP contribution in [0.25, 0.3) is 21.6 Å². The number of nitrogens with zero attached hydrogens (tertiary/aromatic N) is 3. The Hall–Kier alpha value is -3.39. The van der Waals surface area contributed by atoms with Gasteiger partial charge in [-0.2, -0.15) is 0 Å². The van der Waals surface area contributed by atoms with Crippen molar-refractivity contribution in [2.24, 2.45) is 0 Å². The fraction of sp³-hybridized carbons (Fsp3) is 0.261. The van der Waals surface area contributed by atoms with Gasteiger partial charge in [0.15, 0.2) is 11.5 Å². The number of likely N-dealkylation sites (tertiary alicyclic amines) is 1. The molecule has 2 aliphatic heterocycles. The number of amides is 1. The third kappa shape index (κ3) is 3.33. The summed E-state index contributed by atoms with van der Waals surface area (Å²) in [7, 11) is 0. The number of aromatic nitrogens is 3. The lowest BCUT2D eigenvalue weighted by molar-refractivity contribution is -0.131. The monoisotopic (exact) mass is 432 g/mol. The Labute approximate surface area is 182 Å². The van der Waals surface area contributed by atoms with Gasteiger partial charge in [0.2, 0.25) is 12.7 Å². The van der Waals surface area contributed by atoms with E-state index in [4.69, 9.17) is 19.4 Å². The van der Waals surface area contributed by atoms with Crippen LogP contribution in [0.1, 0.15) is 30.4 Å². The lowest BCUT2D eigenvalue weighted by Gasteiger charge is -2.22. The maximum absolute atomic E-state index is 13.1. The highest BCUT2D eigenvalue weighted by atomic mass is 32.1. The van der Waals surface area contributed by atoms with Crippen LogP contribution in [0.15, 0.2) is 47.8 Å². The number of carbonyl (C=O) groups is 1. The number of hydrogen-bond acceptors (Lipinski definition) is 6. The highest BCUT2D eigenvalue weighted by Crippen LogP contribution is 2.37. The molecule has 7 nitrogen and oxygen atoms in total. The lowest BCUT2D eigenvalue weighted by atomic mass is 10.2. The number of hydrogen-bond donors (Lipinski definition) is 1. The van der Waals surface area contributed by atoms with Gasteiger partial charge in [-0.05, 0) is 43.2 Å². The van der Waals surface area contributed by atoms with E-state index < -0.39 is 0 Å². The molecule has 0 radical (unpaired) electrons. The second kappa shape index (κ2) is 7.39. The topological polar surface area (TPSA) is 80.3 Å². The lowest BCUT2D eigenvalue weighted by Crippen LogP contribution is -2.32. The van der Waals surface area contributed by atoms with Crippen LogP contribution in [0.3, 0.4) is 0 Å². The first-order chi connectivity index (χ1) is 15.2. The van der Waals surface area contributed by atoms with Crippen LogP contribution in [0.2, 0.25) is 0 Å². The van der Waals surface area contributed by atoms with E-state index in [9.17, 15) is 4.79 Å². The Morgan fingerprint density at radius 3 is 3.00 bits per heavy atom. The number of H-pyrrole nitrogens is 1. The number of imidazole rings is 1. The molecule has 2 aromatic carbocycles. The summed E-state index contributed by atoms with van der Waals surface area (Å²) in [4.78, 5) is 27.9. The second-order valence-electron chi connectivity index (χ2n) is 7.77. The molecule has 31 heavy (non-hydrogen) atoms. The van der Waals surface area contributed by atoms with Gasteiger partial charge in [-0.15, -0.1) is 11.3 Å². The molecule has 0 saturated carbocycles. The molecule has 6 rings (SSSR count). The third-order valence-electron chi connectivity index (χ3n) is 5.80. The normalized spacial score (nSPS) is 17.5. The van der Waals surface area contributed by atoms with Crippen molar-refractivity contribution in [3.63, 3.8) is 0 Å². The highest BCUT2D eigenvalue weighted by Gasteiger charge is 2.32. The van der Waals surface area contributed by atoms with Crippen molar-refractivity contribution >= 4 is 28.3 Å². The maximum Gasteiger partial charge on any atom is 0.231 e. The van der Waals surface area contributed by atoms with Crippen molar-refractivity contribution in [3.05, 3.63) is 59.4 Å². The molecule has 1 N–H and O–H groups in total. The number of benzene rings is 2. The van der Waals surface area contributed by atoms with Crippen molar-refractivity contribution < 1.29 is 14.3 Å². The molecular formula is C23H20N4O3S. The average Bonchev–Trinajstić information content (AvgIpc) is 3.58. The smallest absolute Gasteiger partial charge is 0.231 e. The predicted octanol–water partition coefficient (Wildman–Crippen LogP) is 4.32. The number of ether oxygens (including phenoxy) is 2. The van der Waals surface area contributed by atoms with Gasteiger partial charge in [0.05, 0.1) is 29.2 Å². The molecule has 0 spiro atoms. The molecule has 0 bridgehead atoms. The van der Waals surface area contributed by atoms with Crippen molar-refractivity contribution in [1.82, 2.24) is 19.9 Å². The molecule has 2 aliphatic rings. The fourth-order valence-electron chi connectivity index (χ4n) is 4.29. The summed E-state index contributed by atoms with van der Waals surface area (Å²) in [6.07, 6.45) is 2.19. The highest BCUT2D eigenvalue weighted by molar-refractivity contribution is 7.13. The van der Waals surface area contributed by atoms with E-state index in [0.717, 1.165) is 64.0 Å². The molecule has 2 aromatic heterocycles. The summed E-state index contributed by atoms with van der Waals surface area (Å²) < 4.78 is 10.8. The van der Waals surface area contributed by atoms with Crippen LogP contribution in [0, 0.1) is 0 Å².